The Hall–Kier alpha value is -1.91. The second-order valence-corrected chi connectivity index (χ2v) is 5.59. The summed E-state index contributed by atoms with van der Waals surface area (Å²) in [6, 6.07) is 2.96. The Kier molecular flexibility index (Phi) is 4.37. The topological polar surface area (TPSA) is 68.2 Å². The van der Waals surface area contributed by atoms with Gasteiger partial charge in [-0.1, -0.05) is 13.8 Å². The smallest absolute Gasteiger partial charge is 0.251 e. The van der Waals surface area contributed by atoms with Crippen molar-refractivity contribution in [2.24, 2.45) is 5.92 Å². The molecule has 1 aromatic heterocycles. The number of Topliss-reactive ketones (excluding diaryl/α,β-unsaturated/α-hetero) is 1. The highest BCUT2D eigenvalue weighted by Crippen LogP contribution is 2.19. The van der Waals surface area contributed by atoms with Crippen molar-refractivity contribution in [3.05, 3.63) is 33.7 Å². The number of amides is 1. The molecule has 5 heteroatoms. The second-order valence-electron chi connectivity index (χ2n) is 5.59. The Morgan fingerprint density at radius 1 is 1.30 bits per heavy atom. The molecule has 1 heterocycles. The van der Waals surface area contributed by atoms with Crippen molar-refractivity contribution in [2.75, 3.05) is 6.54 Å². The van der Waals surface area contributed by atoms with Crippen LogP contribution >= 0.6 is 0 Å². The molecule has 108 valence electrons. The van der Waals surface area contributed by atoms with Crippen molar-refractivity contribution in [3.63, 3.8) is 0 Å². The molecule has 0 unspecified atom stereocenters. The third-order valence-electron chi connectivity index (χ3n) is 3.42. The summed E-state index contributed by atoms with van der Waals surface area (Å²) in [5, 5.41) is 2.79. The summed E-state index contributed by atoms with van der Waals surface area (Å²) in [4.78, 5) is 35.7. The van der Waals surface area contributed by atoms with Crippen LogP contribution in [0.5, 0.6) is 0 Å². The summed E-state index contributed by atoms with van der Waals surface area (Å²) >= 11 is 0. The summed E-state index contributed by atoms with van der Waals surface area (Å²) in [5.41, 5.74) is 1.07. The predicted molar refractivity (Wildman–Crippen MR) is 75.8 cm³/mol. The zero-order valence-electron chi connectivity index (χ0n) is 11.9. The average molecular weight is 276 g/mol. The van der Waals surface area contributed by atoms with Gasteiger partial charge in [-0.2, -0.15) is 0 Å². The van der Waals surface area contributed by atoms with Crippen molar-refractivity contribution in [2.45, 2.75) is 39.7 Å². The number of aromatic nitrogens is 1. The van der Waals surface area contributed by atoms with Gasteiger partial charge in [0.25, 0.3) is 5.56 Å². The van der Waals surface area contributed by atoms with Gasteiger partial charge >= 0.3 is 0 Å². The first-order valence-electron chi connectivity index (χ1n) is 7.01. The molecule has 20 heavy (non-hydrogen) atoms. The molecular formula is C15H20N2O3. The SMILES string of the molecule is CC(C)CNC(=O)Cn1c2c(ccc1=O)C(=O)CCC2. The second kappa shape index (κ2) is 6.03. The monoisotopic (exact) mass is 276 g/mol. The Bertz CT molecular complexity index is 587. The molecule has 1 N–H and O–H groups in total. The number of rotatable bonds is 4. The number of carbonyl (C=O) groups is 2. The maximum atomic E-state index is 11.9. The van der Waals surface area contributed by atoms with Crippen molar-refractivity contribution >= 4 is 11.7 Å². The first-order valence-corrected chi connectivity index (χ1v) is 7.01. The average Bonchev–Trinajstić information content (AvgIpc) is 2.40. The van der Waals surface area contributed by atoms with E-state index in [2.05, 4.69) is 5.32 Å². The van der Waals surface area contributed by atoms with Gasteiger partial charge in [-0.3, -0.25) is 14.4 Å². The van der Waals surface area contributed by atoms with Crippen LogP contribution in [0.1, 0.15) is 42.7 Å². The number of ketones is 1. The van der Waals surface area contributed by atoms with E-state index in [-0.39, 0.29) is 23.8 Å². The standard InChI is InChI=1S/C15H20N2O3/c1-10(2)8-16-14(19)9-17-12-4-3-5-13(18)11(12)6-7-15(17)20/h6-7,10H,3-5,8-9H2,1-2H3,(H,16,19). The predicted octanol–water partition coefficient (Wildman–Crippen LogP) is 1.14. The zero-order chi connectivity index (χ0) is 14.7. The van der Waals surface area contributed by atoms with Crippen molar-refractivity contribution in [3.8, 4) is 0 Å². The summed E-state index contributed by atoms with van der Waals surface area (Å²) in [6.07, 6.45) is 1.93. The maximum absolute atomic E-state index is 11.9. The Morgan fingerprint density at radius 3 is 2.75 bits per heavy atom. The van der Waals surface area contributed by atoms with Gasteiger partial charge in [0.15, 0.2) is 5.78 Å². The molecule has 0 saturated carbocycles. The fourth-order valence-corrected chi connectivity index (χ4v) is 2.38. The molecule has 2 rings (SSSR count). The minimum absolute atomic E-state index is 0.0119. The molecular weight excluding hydrogens is 256 g/mol. The highest BCUT2D eigenvalue weighted by Gasteiger charge is 2.21. The lowest BCUT2D eigenvalue weighted by molar-refractivity contribution is -0.121. The molecule has 0 aliphatic heterocycles. The van der Waals surface area contributed by atoms with Gasteiger partial charge in [-0.25, -0.2) is 0 Å². The molecule has 1 aromatic rings. The fourth-order valence-electron chi connectivity index (χ4n) is 2.38. The lowest BCUT2D eigenvalue weighted by Gasteiger charge is -2.19. The highest BCUT2D eigenvalue weighted by atomic mass is 16.2. The van der Waals surface area contributed by atoms with Crippen LogP contribution in [-0.4, -0.2) is 22.8 Å². The largest absolute Gasteiger partial charge is 0.354 e. The van der Waals surface area contributed by atoms with Gasteiger partial charge < -0.3 is 9.88 Å². The van der Waals surface area contributed by atoms with E-state index in [9.17, 15) is 14.4 Å². The van der Waals surface area contributed by atoms with Gasteiger partial charge in [0.1, 0.15) is 6.54 Å². The van der Waals surface area contributed by atoms with E-state index in [1.165, 1.54) is 10.6 Å². The lowest BCUT2D eigenvalue weighted by Crippen LogP contribution is -2.36. The molecule has 0 spiro atoms. The summed E-state index contributed by atoms with van der Waals surface area (Å²) in [7, 11) is 0. The summed E-state index contributed by atoms with van der Waals surface area (Å²) < 4.78 is 1.43. The van der Waals surface area contributed by atoms with E-state index in [1.807, 2.05) is 13.8 Å². The van der Waals surface area contributed by atoms with Crippen LogP contribution < -0.4 is 10.9 Å². The van der Waals surface area contributed by atoms with Gasteiger partial charge in [0, 0.05) is 30.3 Å². The first-order chi connectivity index (χ1) is 9.49. The molecule has 0 saturated heterocycles. The molecule has 1 aliphatic rings. The van der Waals surface area contributed by atoms with Crippen LogP contribution in [0, 0.1) is 5.92 Å². The van der Waals surface area contributed by atoms with Gasteiger partial charge in [0.2, 0.25) is 5.91 Å². The molecule has 0 aromatic carbocycles. The zero-order valence-corrected chi connectivity index (χ0v) is 11.9. The summed E-state index contributed by atoms with van der Waals surface area (Å²) in [5.74, 6) is 0.233. The molecule has 5 nitrogen and oxygen atoms in total. The molecule has 1 amide bonds. The Morgan fingerprint density at radius 2 is 2.05 bits per heavy atom. The van der Waals surface area contributed by atoms with Crippen molar-refractivity contribution < 1.29 is 9.59 Å². The van der Waals surface area contributed by atoms with Crippen LogP contribution in [0.3, 0.4) is 0 Å². The molecule has 0 radical (unpaired) electrons. The quantitative estimate of drug-likeness (QED) is 0.896. The molecule has 0 fully saturated rings. The van der Waals surface area contributed by atoms with Gasteiger partial charge in [0.05, 0.1) is 0 Å². The molecule has 0 atom stereocenters. The Labute approximate surface area is 118 Å². The minimum Gasteiger partial charge on any atom is -0.354 e. The van der Waals surface area contributed by atoms with Crippen molar-refractivity contribution in [1.82, 2.24) is 9.88 Å². The molecule has 0 bridgehead atoms. The van der Waals surface area contributed by atoms with E-state index in [0.29, 0.717) is 36.6 Å². The van der Waals surface area contributed by atoms with E-state index in [1.54, 1.807) is 6.07 Å². The van der Waals surface area contributed by atoms with Crippen LogP contribution in [0.2, 0.25) is 0 Å². The number of hydrogen-bond acceptors (Lipinski definition) is 3. The number of hydrogen-bond donors (Lipinski definition) is 1. The number of pyridine rings is 1. The number of carbonyl (C=O) groups excluding carboxylic acids is 2. The van der Waals surface area contributed by atoms with E-state index in [0.717, 1.165) is 6.42 Å². The third-order valence-corrected chi connectivity index (χ3v) is 3.42. The van der Waals surface area contributed by atoms with E-state index >= 15 is 0 Å². The van der Waals surface area contributed by atoms with Crippen LogP contribution in [0.4, 0.5) is 0 Å². The third kappa shape index (κ3) is 3.15. The van der Waals surface area contributed by atoms with Crippen LogP contribution in [0.15, 0.2) is 16.9 Å². The van der Waals surface area contributed by atoms with E-state index < -0.39 is 0 Å². The highest BCUT2D eigenvalue weighted by molar-refractivity contribution is 5.98. The summed E-state index contributed by atoms with van der Waals surface area (Å²) in [6.45, 7) is 4.59. The number of nitrogens with one attached hydrogen (secondary N) is 1. The van der Waals surface area contributed by atoms with Crippen LogP contribution in [-0.2, 0) is 17.8 Å². The van der Waals surface area contributed by atoms with Gasteiger partial charge in [-0.05, 0) is 24.8 Å². The Balaban J connectivity index is 2.23. The van der Waals surface area contributed by atoms with Gasteiger partial charge in [-0.15, -0.1) is 0 Å². The fraction of sp³-hybridized carbons (Fsp3) is 0.533. The maximum Gasteiger partial charge on any atom is 0.251 e. The normalized spacial score (nSPS) is 14.2. The first kappa shape index (κ1) is 14.5. The number of nitrogens with zero attached hydrogens (tertiary/aromatic N) is 1. The van der Waals surface area contributed by atoms with Crippen LogP contribution in [0.25, 0.3) is 0 Å². The lowest BCUT2D eigenvalue weighted by atomic mass is 9.94. The number of fused-ring (bicyclic) bond motifs is 1. The van der Waals surface area contributed by atoms with Crippen molar-refractivity contribution in [1.29, 1.82) is 0 Å². The minimum atomic E-state index is -0.224. The molecule has 1 aliphatic carbocycles. The van der Waals surface area contributed by atoms with E-state index in [4.69, 9.17) is 0 Å².